The molecule has 4 amide bonds. The number of amides is 4. The zero-order valence-electron chi connectivity index (χ0n) is 29.9. The summed E-state index contributed by atoms with van der Waals surface area (Å²) in [6.07, 6.45) is 5.70. The van der Waals surface area contributed by atoms with Crippen molar-refractivity contribution in [1.82, 2.24) is 40.4 Å². The van der Waals surface area contributed by atoms with Gasteiger partial charge in [0.2, 0.25) is 11.8 Å². The molecule has 16 heteroatoms. The van der Waals surface area contributed by atoms with Crippen LogP contribution < -0.4 is 10.6 Å². The second kappa shape index (κ2) is 15.4. The molecule has 0 bridgehead atoms. The Kier molecular flexibility index (Phi) is 10.5. The van der Waals surface area contributed by atoms with Gasteiger partial charge in [0.1, 0.15) is 24.2 Å². The summed E-state index contributed by atoms with van der Waals surface area (Å²) in [6.45, 7) is 4.91. The van der Waals surface area contributed by atoms with Crippen LogP contribution in [-0.4, -0.2) is 93.6 Å². The molecule has 0 spiro atoms. The molecular weight excluding hydrogens is 717 g/mol. The third kappa shape index (κ3) is 7.51. The normalized spacial score (nSPS) is 17.8. The van der Waals surface area contributed by atoms with Crippen LogP contribution in [0.2, 0.25) is 0 Å². The number of fused-ring (bicyclic) bond motifs is 1. The number of hydrogen-bond donors (Lipinski definition) is 4. The molecule has 3 atom stereocenters. The number of hydrogen-bond acceptors (Lipinski definition) is 10. The number of methoxy groups -OCH3 is 2. The number of carbonyl (C=O) groups is 4. The second-order valence-corrected chi connectivity index (χ2v) is 15.7. The van der Waals surface area contributed by atoms with Crippen LogP contribution >= 0.6 is 22.7 Å². The van der Waals surface area contributed by atoms with Crippen molar-refractivity contribution in [2.45, 2.75) is 57.7 Å². The number of likely N-dealkylation sites (tertiary alicyclic amines) is 2. The van der Waals surface area contributed by atoms with Crippen LogP contribution in [0.1, 0.15) is 63.3 Å². The fraction of sp³-hybridized carbons (Fsp3) is 0.405. The summed E-state index contributed by atoms with van der Waals surface area (Å²) in [6, 6.07) is 11.7. The highest BCUT2D eigenvalue weighted by Gasteiger charge is 2.37. The molecule has 2 saturated heterocycles. The average Bonchev–Trinajstić information content (AvgIpc) is 4.01. The molecule has 4 aromatic heterocycles. The molecule has 5 aromatic rings. The number of H-pyrrole nitrogens is 2. The fourth-order valence-electron chi connectivity index (χ4n) is 7.07. The summed E-state index contributed by atoms with van der Waals surface area (Å²) in [5.41, 5.74) is 3.89. The molecule has 0 radical (unpaired) electrons. The zero-order valence-corrected chi connectivity index (χ0v) is 31.6. The Morgan fingerprint density at radius 1 is 0.811 bits per heavy atom. The van der Waals surface area contributed by atoms with Crippen LogP contribution in [0, 0.1) is 5.92 Å². The summed E-state index contributed by atoms with van der Waals surface area (Å²) in [5, 5.41) is 5.16. The molecule has 14 nitrogen and oxygen atoms in total. The van der Waals surface area contributed by atoms with Gasteiger partial charge in [0.15, 0.2) is 0 Å². The first-order valence-electron chi connectivity index (χ1n) is 17.6. The summed E-state index contributed by atoms with van der Waals surface area (Å²) >= 11 is 3.43. The highest BCUT2D eigenvalue weighted by atomic mass is 32.1. The van der Waals surface area contributed by atoms with E-state index in [-0.39, 0.29) is 36.4 Å². The van der Waals surface area contributed by atoms with Crippen molar-refractivity contribution in [2.24, 2.45) is 5.92 Å². The van der Waals surface area contributed by atoms with Gasteiger partial charge in [0.25, 0.3) is 0 Å². The Morgan fingerprint density at radius 2 is 1.38 bits per heavy atom. The number of rotatable bonds is 10. The number of ether oxygens (including phenoxy) is 2. The predicted octanol–water partition coefficient (Wildman–Crippen LogP) is 6.47. The van der Waals surface area contributed by atoms with Crippen molar-refractivity contribution in [3.8, 4) is 32.3 Å². The van der Waals surface area contributed by atoms with Crippen molar-refractivity contribution in [1.29, 1.82) is 0 Å². The minimum atomic E-state index is -0.679. The van der Waals surface area contributed by atoms with E-state index < -0.39 is 18.2 Å². The maximum absolute atomic E-state index is 13.5. The second-order valence-electron chi connectivity index (χ2n) is 13.5. The lowest BCUT2D eigenvalue weighted by molar-refractivity contribution is -0.135. The maximum Gasteiger partial charge on any atom is 0.407 e. The van der Waals surface area contributed by atoms with Crippen LogP contribution in [0.4, 0.5) is 9.59 Å². The van der Waals surface area contributed by atoms with Crippen molar-refractivity contribution >= 4 is 56.1 Å². The summed E-state index contributed by atoms with van der Waals surface area (Å²) in [4.78, 5) is 71.7. The molecule has 7 rings (SSSR count). The van der Waals surface area contributed by atoms with Gasteiger partial charge in [0.05, 0.1) is 55.0 Å². The fourth-order valence-corrected chi connectivity index (χ4v) is 9.44. The highest BCUT2D eigenvalue weighted by molar-refractivity contribution is 7.31. The van der Waals surface area contributed by atoms with Crippen molar-refractivity contribution in [3.63, 3.8) is 0 Å². The molecule has 0 saturated carbocycles. The Morgan fingerprint density at radius 3 is 2.04 bits per heavy atom. The first-order valence-corrected chi connectivity index (χ1v) is 19.3. The lowest BCUT2D eigenvalue weighted by atomic mass is 10.0. The minimum absolute atomic E-state index is 0.0973. The number of nitrogens with zero attached hydrogens (tertiary/aromatic N) is 4. The number of nitrogens with one attached hydrogen (secondary N) is 4. The minimum Gasteiger partial charge on any atom is -0.453 e. The van der Waals surface area contributed by atoms with Gasteiger partial charge in [-0.2, -0.15) is 0 Å². The van der Waals surface area contributed by atoms with E-state index in [2.05, 4.69) is 66.7 Å². The molecular formula is C37H42N8O6S2. The number of carbonyl (C=O) groups excluding carboxylic acids is 4. The number of aromatic amines is 2. The Bertz CT molecular complexity index is 2090. The van der Waals surface area contributed by atoms with E-state index in [0.29, 0.717) is 13.1 Å². The molecule has 0 unspecified atom stereocenters. The predicted molar refractivity (Wildman–Crippen MR) is 202 cm³/mol. The average molecular weight is 759 g/mol. The van der Waals surface area contributed by atoms with E-state index in [1.165, 1.54) is 28.5 Å². The molecule has 53 heavy (non-hydrogen) atoms. The van der Waals surface area contributed by atoms with Crippen LogP contribution in [-0.2, 0) is 19.1 Å². The van der Waals surface area contributed by atoms with Gasteiger partial charge in [-0.15, -0.1) is 22.7 Å². The van der Waals surface area contributed by atoms with Crippen LogP contribution in [0.25, 0.3) is 41.7 Å². The quantitative estimate of drug-likeness (QED) is 0.125. The monoisotopic (exact) mass is 758 g/mol. The van der Waals surface area contributed by atoms with Crippen LogP contribution in [0.15, 0.2) is 48.8 Å². The van der Waals surface area contributed by atoms with Crippen molar-refractivity contribution in [2.75, 3.05) is 33.9 Å². The third-order valence-corrected chi connectivity index (χ3v) is 12.2. The van der Waals surface area contributed by atoms with E-state index in [1.807, 2.05) is 24.9 Å². The number of alkyl carbamates (subject to hydrolysis) is 2. The topological polar surface area (TPSA) is 175 Å². The van der Waals surface area contributed by atoms with Crippen molar-refractivity contribution in [3.05, 3.63) is 60.4 Å². The number of imidazole rings is 2. The smallest absolute Gasteiger partial charge is 0.407 e. The van der Waals surface area contributed by atoms with E-state index in [9.17, 15) is 19.2 Å². The van der Waals surface area contributed by atoms with Gasteiger partial charge >= 0.3 is 12.2 Å². The molecule has 6 heterocycles. The first kappa shape index (κ1) is 36.2. The highest BCUT2D eigenvalue weighted by Crippen LogP contribution is 2.42. The lowest BCUT2D eigenvalue weighted by Crippen LogP contribution is -2.51. The Labute approximate surface area is 314 Å². The molecule has 278 valence electrons. The number of benzene rings is 1. The van der Waals surface area contributed by atoms with E-state index >= 15 is 0 Å². The SMILES string of the molecule is COC(=O)NCC(=O)N1CCC[C@H]1c1ncc(-c2ccc(-c3cc4sc(-c5cnc([C@@H]6CCCN6C(=O)[C@@H](NC(=O)OC)C(C)C)[nH]5)cc4s3)cc2)[nH]1. The van der Waals surface area contributed by atoms with Gasteiger partial charge in [0, 0.05) is 27.4 Å². The Balaban J connectivity index is 1.01. The summed E-state index contributed by atoms with van der Waals surface area (Å²) in [5.74, 6) is 1.08. The molecule has 2 aliphatic heterocycles. The van der Waals surface area contributed by atoms with E-state index in [1.54, 1.807) is 33.8 Å². The molecule has 1 aromatic carbocycles. The van der Waals surface area contributed by atoms with Gasteiger partial charge in [-0.05, 0) is 54.9 Å². The maximum atomic E-state index is 13.5. The zero-order chi connectivity index (χ0) is 37.2. The third-order valence-electron chi connectivity index (χ3n) is 9.84. The summed E-state index contributed by atoms with van der Waals surface area (Å²) < 4.78 is 11.7. The summed E-state index contributed by atoms with van der Waals surface area (Å²) in [7, 11) is 2.56. The van der Waals surface area contributed by atoms with Crippen molar-refractivity contribution < 1.29 is 28.7 Å². The Hall–Kier alpha value is -5.22. The van der Waals surface area contributed by atoms with Gasteiger partial charge < -0.3 is 39.9 Å². The number of thiophene rings is 2. The molecule has 0 aliphatic carbocycles. The van der Waals surface area contributed by atoms with E-state index in [4.69, 9.17) is 9.72 Å². The molecule has 4 N–H and O–H groups in total. The van der Waals surface area contributed by atoms with Gasteiger partial charge in [-0.25, -0.2) is 19.6 Å². The van der Waals surface area contributed by atoms with Crippen LogP contribution in [0.5, 0.6) is 0 Å². The van der Waals surface area contributed by atoms with Gasteiger partial charge in [-0.3, -0.25) is 9.59 Å². The standard InChI is InChI=1S/C37H42N8O6S2/c1-20(2)32(43-37(49)51-4)35(47)45-14-6-8-26(45)34-39-18-24(42-34)28-16-30-29(53-28)15-27(52-30)22-11-9-21(10-12-22)23-17-38-33(41-23)25-7-5-13-44(25)31(46)19-40-36(48)50-3/h9-12,15-18,20,25-26,32H,5-8,13-14,19H2,1-4H3,(H,38,41)(H,39,42)(H,40,48)(H,43,49)/t25-,26-,32-/m0/s1. The molecule has 2 fully saturated rings. The van der Waals surface area contributed by atoms with Gasteiger partial charge in [-0.1, -0.05) is 38.1 Å². The van der Waals surface area contributed by atoms with Crippen LogP contribution in [0.3, 0.4) is 0 Å². The molecule has 2 aliphatic rings. The first-order chi connectivity index (χ1) is 25.6. The van der Waals surface area contributed by atoms with E-state index in [0.717, 1.165) is 64.7 Å². The number of aromatic nitrogens is 4. The largest absolute Gasteiger partial charge is 0.453 e. The lowest BCUT2D eigenvalue weighted by Gasteiger charge is -2.30.